The highest BCUT2D eigenvalue weighted by Crippen LogP contribution is 2.19. The zero-order valence-electron chi connectivity index (χ0n) is 10.3. The van der Waals surface area contributed by atoms with Crippen molar-refractivity contribution in [3.05, 3.63) is 35.9 Å². The third-order valence-corrected chi connectivity index (χ3v) is 4.45. The highest BCUT2D eigenvalue weighted by Gasteiger charge is 2.23. The molecule has 4 heteroatoms. The van der Waals surface area contributed by atoms with Crippen LogP contribution in [0.15, 0.2) is 30.3 Å². The van der Waals surface area contributed by atoms with Crippen molar-refractivity contribution in [2.24, 2.45) is 5.92 Å². The van der Waals surface area contributed by atoms with E-state index < -0.39 is 0 Å². The van der Waals surface area contributed by atoms with Crippen LogP contribution in [0.25, 0.3) is 0 Å². The molecule has 1 fully saturated rings. The number of rotatable bonds is 3. The van der Waals surface area contributed by atoms with Crippen LogP contribution >= 0.6 is 22.6 Å². The van der Waals surface area contributed by atoms with Gasteiger partial charge < -0.3 is 9.64 Å². The maximum absolute atomic E-state index is 11.9. The molecule has 1 atom stereocenters. The number of nitrogens with zero attached hydrogens (tertiary/aromatic N) is 1. The number of alkyl halides is 1. The number of halogens is 1. The number of benzene rings is 1. The number of piperidine rings is 1. The first-order valence-corrected chi connectivity index (χ1v) is 7.83. The summed E-state index contributed by atoms with van der Waals surface area (Å²) >= 11 is 2.39. The van der Waals surface area contributed by atoms with Crippen molar-refractivity contribution in [3.8, 4) is 0 Å². The first kappa shape index (κ1) is 13.6. The summed E-state index contributed by atoms with van der Waals surface area (Å²) < 4.78 is 6.46. The van der Waals surface area contributed by atoms with Crippen LogP contribution in [0.3, 0.4) is 0 Å². The number of carbonyl (C=O) groups excluding carboxylic acids is 1. The average molecular weight is 359 g/mol. The van der Waals surface area contributed by atoms with Gasteiger partial charge >= 0.3 is 6.09 Å². The van der Waals surface area contributed by atoms with Gasteiger partial charge in [0.2, 0.25) is 0 Å². The van der Waals surface area contributed by atoms with Gasteiger partial charge in [-0.05, 0) is 24.3 Å². The molecule has 1 aliphatic heterocycles. The number of amides is 1. The number of carbonyl (C=O) groups is 1. The Morgan fingerprint density at radius 2 is 2.17 bits per heavy atom. The second-order valence-electron chi connectivity index (χ2n) is 4.65. The summed E-state index contributed by atoms with van der Waals surface area (Å²) in [5.41, 5.74) is 1.04. The SMILES string of the molecule is O=C(OCc1ccccc1)N1CCC[C@H](CI)C1. The van der Waals surface area contributed by atoms with Crippen molar-refractivity contribution in [2.75, 3.05) is 17.5 Å². The number of hydrogen-bond donors (Lipinski definition) is 0. The van der Waals surface area contributed by atoms with E-state index in [9.17, 15) is 4.79 Å². The Kier molecular flexibility index (Phi) is 5.28. The molecule has 3 nitrogen and oxygen atoms in total. The molecule has 1 aliphatic rings. The van der Waals surface area contributed by atoms with E-state index in [2.05, 4.69) is 22.6 Å². The molecule has 1 saturated heterocycles. The molecule has 1 amide bonds. The Bertz CT molecular complexity index is 383. The molecule has 0 saturated carbocycles. The molecular formula is C14H18INO2. The van der Waals surface area contributed by atoms with Crippen molar-refractivity contribution in [2.45, 2.75) is 19.4 Å². The first-order valence-electron chi connectivity index (χ1n) is 6.31. The maximum atomic E-state index is 11.9. The van der Waals surface area contributed by atoms with E-state index in [0.717, 1.165) is 29.5 Å². The summed E-state index contributed by atoms with van der Waals surface area (Å²) in [7, 11) is 0. The zero-order chi connectivity index (χ0) is 12.8. The average Bonchev–Trinajstić information content (AvgIpc) is 2.46. The van der Waals surface area contributed by atoms with E-state index >= 15 is 0 Å². The third kappa shape index (κ3) is 3.86. The summed E-state index contributed by atoms with van der Waals surface area (Å²) in [6.45, 7) is 2.04. The first-order chi connectivity index (χ1) is 8.79. The van der Waals surface area contributed by atoms with Gasteiger partial charge in [0.1, 0.15) is 6.61 Å². The molecule has 0 radical (unpaired) electrons. The predicted molar refractivity (Wildman–Crippen MR) is 79.8 cm³/mol. The summed E-state index contributed by atoms with van der Waals surface area (Å²) in [5.74, 6) is 0.628. The lowest BCUT2D eigenvalue weighted by atomic mass is 10.0. The van der Waals surface area contributed by atoms with Crippen molar-refractivity contribution in [1.82, 2.24) is 4.90 Å². The van der Waals surface area contributed by atoms with Gasteiger partial charge in [0.05, 0.1) is 0 Å². The lowest BCUT2D eigenvalue weighted by Crippen LogP contribution is -2.40. The molecule has 1 aromatic carbocycles. The smallest absolute Gasteiger partial charge is 0.410 e. The standard InChI is InChI=1S/C14H18INO2/c15-9-13-7-4-8-16(10-13)14(17)18-11-12-5-2-1-3-6-12/h1-3,5-6,13H,4,7-11H2/t13-/m1/s1. The predicted octanol–water partition coefficient (Wildman–Crippen LogP) is 3.47. The monoisotopic (exact) mass is 359 g/mol. The molecule has 0 spiro atoms. The molecule has 18 heavy (non-hydrogen) atoms. The summed E-state index contributed by atoms with van der Waals surface area (Å²) in [6.07, 6.45) is 2.15. The summed E-state index contributed by atoms with van der Waals surface area (Å²) in [5, 5.41) is 0. The minimum atomic E-state index is -0.173. The van der Waals surface area contributed by atoms with E-state index in [1.54, 1.807) is 0 Å². The quantitative estimate of drug-likeness (QED) is 0.611. The van der Waals surface area contributed by atoms with Gasteiger partial charge in [-0.15, -0.1) is 0 Å². The van der Waals surface area contributed by atoms with Crippen molar-refractivity contribution in [1.29, 1.82) is 0 Å². The summed E-state index contributed by atoms with van der Waals surface area (Å²) in [6, 6.07) is 9.81. The van der Waals surface area contributed by atoms with Crippen LogP contribution in [0, 0.1) is 5.92 Å². The second-order valence-corrected chi connectivity index (χ2v) is 5.53. The van der Waals surface area contributed by atoms with Crippen LogP contribution in [0.5, 0.6) is 0 Å². The molecule has 0 N–H and O–H groups in total. The van der Waals surface area contributed by atoms with Crippen LogP contribution in [0.4, 0.5) is 4.79 Å². The molecule has 98 valence electrons. The minimum absolute atomic E-state index is 0.173. The van der Waals surface area contributed by atoms with Crippen LogP contribution in [-0.2, 0) is 11.3 Å². The lowest BCUT2D eigenvalue weighted by Gasteiger charge is -2.31. The molecule has 1 heterocycles. The number of likely N-dealkylation sites (tertiary alicyclic amines) is 1. The fourth-order valence-electron chi connectivity index (χ4n) is 2.17. The van der Waals surface area contributed by atoms with Gasteiger partial charge in [0.15, 0.2) is 0 Å². The van der Waals surface area contributed by atoms with E-state index in [0.29, 0.717) is 12.5 Å². The van der Waals surface area contributed by atoms with Gasteiger partial charge in [-0.3, -0.25) is 0 Å². The molecule has 0 aromatic heterocycles. The van der Waals surface area contributed by atoms with Crippen molar-refractivity contribution < 1.29 is 9.53 Å². The summed E-state index contributed by atoms with van der Waals surface area (Å²) in [4.78, 5) is 13.8. The highest BCUT2D eigenvalue weighted by molar-refractivity contribution is 14.1. The topological polar surface area (TPSA) is 29.5 Å². The molecular weight excluding hydrogens is 341 g/mol. The second kappa shape index (κ2) is 6.97. The molecule has 0 bridgehead atoms. The molecule has 2 rings (SSSR count). The largest absolute Gasteiger partial charge is 0.445 e. The van der Waals surface area contributed by atoms with E-state index in [1.165, 1.54) is 6.42 Å². The van der Waals surface area contributed by atoms with Crippen LogP contribution in [-0.4, -0.2) is 28.5 Å². The van der Waals surface area contributed by atoms with Crippen LogP contribution in [0.2, 0.25) is 0 Å². The van der Waals surface area contributed by atoms with E-state index in [1.807, 2.05) is 35.2 Å². The fourth-order valence-corrected chi connectivity index (χ4v) is 2.89. The van der Waals surface area contributed by atoms with Crippen molar-refractivity contribution in [3.63, 3.8) is 0 Å². The van der Waals surface area contributed by atoms with Gasteiger partial charge in [-0.25, -0.2) is 4.79 Å². The van der Waals surface area contributed by atoms with Gasteiger partial charge in [-0.2, -0.15) is 0 Å². The maximum Gasteiger partial charge on any atom is 0.410 e. The zero-order valence-corrected chi connectivity index (χ0v) is 12.5. The van der Waals surface area contributed by atoms with E-state index in [4.69, 9.17) is 4.74 Å². The minimum Gasteiger partial charge on any atom is -0.445 e. The van der Waals surface area contributed by atoms with Crippen LogP contribution < -0.4 is 0 Å². The van der Waals surface area contributed by atoms with Gasteiger partial charge in [0, 0.05) is 17.5 Å². The Hall–Kier alpha value is -0.780. The van der Waals surface area contributed by atoms with Crippen molar-refractivity contribution >= 4 is 28.7 Å². The Morgan fingerprint density at radius 1 is 1.39 bits per heavy atom. The lowest BCUT2D eigenvalue weighted by molar-refractivity contribution is 0.0817. The molecule has 0 unspecified atom stereocenters. The Labute approximate surface area is 122 Å². The Morgan fingerprint density at radius 3 is 2.89 bits per heavy atom. The third-order valence-electron chi connectivity index (χ3n) is 3.20. The molecule has 1 aromatic rings. The van der Waals surface area contributed by atoms with Gasteiger partial charge in [-0.1, -0.05) is 52.9 Å². The highest BCUT2D eigenvalue weighted by atomic mass is 127. The fraction of sp³-hybridized carbons (Fsp3) is 0.500. The number of hydrogen-bond acceptors (Lipinski definition) is 2. The number of ether oxygens (including phenoxy) is 1. The van der Waals surface area contributed by atoms with Crippen LogP contribution in [0.1, 0.15) is 18.4 Å². The van der Waals surface area contributed by atoms with E-state index in [-0.39, 0.29) is 6.09 Å². The normalized spacial score (nSPS) is 19.6. The molecule has 0 aliphatic carbocycles. The Balaban J connectivity index is 1.81. The van der Waals surface area contributed by atoms with Gasteiger partial charge in [0.25, 0.3) is 0 Å².